The summed E-state index contributed by atoms with van der Waals surface area (Å²) in [7, 11) is -3.05. The van der Waals surface area contributed by atoms with Gasteiger partial charge < -0.3 is 4.74 Å². The number of fused-ring (bicyclic) bond motifs is 1. The van der Waals surface area contributed by atoms with Crippen LogP contribution in [0.25, 0.3) is 5.65 Å². The number of nitrogens with zero attached hydrogens (tertiary/aromatic N) is 4. The smallest absolute Gasteiger partial charge is 0.326 e. The number of carbonyl (C=O) groups is 1. The Morgan fingerprint density at radius 1 is 1.23 bits per heavy atom. The highest BCUT2D eigenvalue weighted by Crippen LogP contribution is 2.26. The molecule has 0 spiro atoms. The van der Waals surface area contributed by atoms with Gasteiger partial charge in [-0.05, 0) is 43.3 Å². The average molecular weight is 378 g/mol. The predicted molar refractivity (Wildman–Crippen MR) is 90.7 cm³/mol. The van der Waals surface area contributed by atoms with Crippen LogP contribution in [0.4, 0.5) is 10.1 Å². The molecule has 136 valence electrons. The van der Waals surface area contributed by atoms with Crippen LogP contribution in [0.1, 0.15) is 5.82 Å². The van der Waals surface area contributed by atoms with Gasteiger partial charge in [-0.2, -0.15) is 0 Å². The Bertz CT molecular complexity index is 1060. The van der Waals surface area contributed by atoms with Gasteiger partial charge in [0.05, 0.1) is 12.8 Å². The van der Waals surface area contributed by atoms with Gasteiger partial charge in [0.15, 0.2) is 5.65 Å². The van der Waals surface area contributed by atoms with Gasteiger partial charge in [-0.25, -0.2) is 12.8 Å². The van der Waals surface area contributed by atoms with Crippen LogP contribution in [0.2, 0.25) is 0 Å². The molecule has 0 aliphatic rings. The number of halogens is 1. The van der Waals surface area contributed by atoms with Gasteiger partial charge in [-0.1, -0.05) is 0 Å². The predicted octanol–water partition coefficient (Wildman–Crippen LogP) is 1.55. The van der Waals surface area contributed by atoms with Crippen molar-refractivity contribution >= 4 is 27.3 Å². The minimum Gasteiger partial charge on any atom is -0.468 e. The van der Waals surface area contributed by atoms with E-state index in [-0.39, 0.29) is 16.2 Å². The maximum absolute atomic E-state index is 13.2. The lowest BCUT2D eigenvalue weighted by molar-refractivity contribution is -0.138. The molecule has 0 saturated heterocycles. The van der Waals surface area contributed by atoms with Gasteiger partial charge >= 0.3 is 5.97 Å². The van der Waals surface area contributed by atoms with E-state index in [2.05, 4.69) is 14.9 Å². The number of rotatable bonds is 5. The lowest BCUT2D eigenvalue weighted by atomic mass is 10.3. The molecule has 0 bridgehead atoms. The second-order valence-corrected chi connectivity index (χ2v) is 7.21. The van der Waals surface area contributed by atoms with E-state index in [4.69, 9.17) is 0 Å². The molecule has 8 nitrogen and oxygen atoms in total. The van der Waals surface area contributed by atoms with Crippen LogP contribution in [0.3, 0.4) is 0 Å². The number of benzene rings is 1. The van der Waals surface area contributed by atoms with E-state index in [0.717, 1.165) is 23.5 Å². The maximum atomic E-state index is 13.2. The molecule has 0 aliphatic heterocycles. The first-order valence-electron chi connectivity index (χ1n) is 7.50. The molecule has 3 aromatic rings. The Morgan fingerprint density at radius 3 is 2.58 bits per heavy atom. The van der Waals surface area contributed by atoms with E-state index >= 15 is 0 Å². The number of pyridine rings is 1. The van der Waals surface area contributed by atoms with Crippen molar-refractivity contribution in [1.82, 2.24) is 14.6 Å². The third-order valence-electron chi connectivity index (χ3n) is 3.75. The zero-order chi connectivity index (χ0) is 18.9. The molecule has 0 atom stereocenters. The average Bonchev–Trinajstić information content (AvgIpc) is 3.01. The number of hydrogen-bond donors (Lipinski definition) is 0. The number of esters is 1. The van der Waals surface area contributed by atoms with Crippen molar-refractivity contribution < 1.29 is 22.3 Å². The summed E-state index contributed by atoms with van der Waals surface area (Å²) in [6.07, 6.45) is 1.63. The number of hydrogen-bond acceptors (Lipinski definition) is 6. The minimum atomic E-state index is -4.20. The van der Waals surface area contributed by atoms with Gasteiger partial charge in [0, 0.05) is 6.20 Å². The zero-order valence-electron chi connectivity index (χ0n) is 14.0. The van der Waals surface area contributed by atoms with Gasteiger partial charge in [0.1, 0.15) is 23.1 Å². The number of methoxy groups -OCH3 is 1. The van der Waals surface area contributed by atoms with E-state index < -0.39 is 28.4 Å². The second kappa shape index (κ2) is 6.71. The zero-order valence-corrected chi connectivity index (χ0v) is 14.8. The second-order valence-electron chi connectivity index (χ2n) is 5.38. The van der Waals surface area contributed by atoms with Crippen molar-refractivity contribution in [1.29, 1.82) is 0 Å². The van der Waals surface area contributed by atoms with Crippen LogP contribution in [0.15, 0.2) is 47.5 Å². The van der Waals surface area contributed by atoms with E-state index in [0.29, 0.717) is 5.82 Å². The molecule has 26 heavy (non-hydrogen) atoms. The van der Waals surface area contributed by atoms with Gasteiger partial charge in [0.2, 0.25) is 0 Å². The summed E-state index contributed by atoms with van der Waals surface area (Å²) >= 11 is 0. The van der Waals surface area contributed by atoms with Crippen molar-refractivity contribution in [3.8, 4) is 0 Å². The first kappa shape index (κ1) is 17.8. The number of aromatic nitrogens is 3. The van der Waals surface area contributed by atoms with E-state index in [9.17, 15) is 17.6 Å². The lowest BCUT2D eigenvalue weighted by Crippen LogP contribution is -2.36. The third kappa shape index (κ3) is 3.10. The monoisotopic (exact) mass is 378 g/mol. The third-order valence-corrected chi connectivity index (χ3v) is 5.55. The molecule has 2 heterocycles. The largest absolute Gasteiger partial charge is 0.468 e. The van der Waals surface area contributed by atoms with E-state index in [1.165, 1.54) is 28.7 Å². The molecule has 0 amide bonds. The highest BCUT2D eigenvalue weighted by molar-refractivity contribution is 7.93. The fourth-order valence-electron chi connectivity index (χ4n) is 2.43. The standard InChI is InChI=1S/C16H15FN4O4S/c1-11-18-19-16-14(4-3-9-20(11)16)26(23,24)21(10-15(22)25-2)13-7-5-12(17)6-8-13/h3-9H,10H2,1-2H3. The van der Waals surface area contributed by atoms with Crippen molar-refractivity contribution in [3.05, 3.63) is 54.2 Å². The quantitative estimate of drug-likeness (QED) is 0.625. The Hall–Kier alpha value is -3.01. The SMILES string of the molecule is COC(=O)CN(c1ccc(F)cc1)S(=O)(=O)c1cccn2c(C)nnc12. The van der Waals surface area contributed by atoms with Crippen LogP contribution >= 0.6 is 0 Å². The molecule has 10 heteroatoms. The summed E-state index contributed by atoms with van der Waals surface area (Å²) in [4.78, 5) is 11.6. The lowest BCUT2D eigenvalue weighted by Gasteiger charge is -2.23. The molecule has 0 radical (unpaired) electrons. The Balaban J connectivity index is 2.17. The van der Waals surface area contributed by atoms with Gasteiger partial charge in [-0.15, -0.1) is 10.2 Å². The molecular formula is C16H15FN4O4S. The van der Waals surface area contributed by atoms with Gasteiger partial charge in [-0.3, -0.25) is 13.5 Å². The molecule has 1 aromatic carbocycles. The number of carbonyl (C=O) groups excluding carboxylic acids is 1. The van der Waals surface area contributed by atoms with Crippen molar-refractivity contribution in [3.63, 3.8) is 0 Å². The molecule has 0 saturated carbocycles. The first-order chi connectivity index (χ1) is 12.3. The Kier molecular flexibility index (Phi) is 4.60. The topological polar surface area (TPSA) is 93.9 Å². The molecule has 2 aromatic heterocycles. The van der Waals surface area contributed by atoms with Crippen LogP contribution in [-0.4, -0.2) is 42.6 Å². The minimum absolute atomic E-state index is 0.120. The summed E-state index contributed by atoms with van der Waals surface area (Å²) in [5, 5.41) is 7.78. The number of ether oxygens (including phenoxy) is 1. The van der Waals surface area contributed by atoms with Crippen molar-refractivity contribution in [2.45, 2.75) is 11.8 Å². The number of sulfonamides is 1. The molecule has 0 aliphatic carbocycles. The Morgan fingerprint density at radius 2 is 1.92 bits per heavy atom. The molecule has 0 unspecified atom stereocenters. The number of aryl methyl sites for hydroxylation is 1. The summed E-state index contributed by atoms with van der Waals surface area (Å²) in [6, 6.07) is 7.66. The van der Waals surface area contributed by atoms with Gasteiger partial charge in [0.25, 0.3) is 10.0 Å². The summed E-state index contributed by atoms with van der Waals surface area (Å²) < 4.78 is 46.7. The highest BCUT2D eigenvalue weighted by atomic mass is 32.2. The fraction of sp³-hybridized carbons (Fsp3) is 0.188. The van der Waals surface area contributed by atoms with Crippen molar-refractivity contribution in [2.24, 2.45) is 0 Å². The van der Waals surface area contributed by atoms with Crippen molar-refractivity contribution in [2.75, 3.05) is 18.0 Å². The van der Waals surface area contributed by atoms with Crippen LogP contribution in [0.5, 0.6) is 0 Å². The van der Waals surface area contributed by atoms with E-state index in [1.54, 1.807) is 13.1 Å². The fourth-order valence-corrected chi connectivity index (χ4v) is 3.96. The highest BCUT2D eigenvalue weighted by Gasteiger charge is 2.30. The summed E-state index contributed by atoms with van der Waals surface area (Å²) in [5.74, 6) is -0.778. The van der Waals surface area contributed by atoms with Crippen LogP contribution < -0.4 is 4.31 Å². The maximum Gasteiger partial charge on any atom is 0.326 e. The molecular weight excluding hydrogens is 363 g/mol. The first-order valence-corrected chi connectivity index (χ1v) is 8.94. The Labute approximate surface area is 148 Å². The summed E-state index contributed by atoms with van der Waals surface area (Å²) in [6.45, 7) is 1.11. The van der Waals surface area contributed by atoms with Crippen LogP contribution in [-0.2, 0) is 19.6 Å². The normalized spacial score (nSPS) is 11.5. The molecule has 0 fully saturated rings. The van der Waals surface area contributed by atoms with E-state index in [1.807, 2.05) is 0 Å². The van der Waals surface area contributed by atoms with Crippen LogP contribution in [0, 0.1) is 12.7 Å². The molecule has 0 N–H and O–H groups in total. The molecule has 3 rings (SSSR count). The number of anilines is 1. The summed E-state index contributed by atoms with van der Waals surface area (Å²) in [5.41, 5.74) is 0.247.